The largest absolute Gasteiger partial charge is 0.379 e. The van der Waals surface area contributed by atoms with Crippen molar-refractivity contribution in [2.75, 3.05) is 31.6 Å². The molecule has 0 saturated carbocycles. The molecule has 1 aromatic carbocycles. The number of benzene rings is 1. The van der Waals surface area contributed by atoms with Crippen LogP contribution in [0.25, 0.3) is 10.9 Å². The molecule has 2 unspecified atom stereocenters. The maximum atomic E-state index is 12.7. The SMILES string of the molecule is CC1CN(S(=O)(=O)c2ccc(Nc3nn(C4COCCC4C#N)c4cc[nH]c(=O)c34)cc2)C1. The van der Waals surface area contributed by atoms with Gasteiger partial charge in [-0.3, -0.25) is 9.48 Å². The van der Waals surface area contributed by atoms with Gasteiger partial charge in [-0.15, -0.1) is 0 Å². The minimum Gasteiger partial charge on any atom is -0.379 e. The summed E-state index contributed by atoms with van der Waals surface area (Å²) in [5, 5.41) is 17.7. The minimum absolute atomic E-state index is 0.226. The van der Waals surface area contributed by atoms with Crippen molar-refractivity contribution >= 4 is 32.4 Å². The Bertz CT molecular complexity index is 1380. The van der Waals surface area contributed by atoms with Crippen molar-refractivity contribution < 1.29 is 13.2 Å². The Morgan fingerprint density at radius 2 is 2.00 bits per heavy atom. The van der Waals surface area contributed by atoms with Gasteiger partial charge in [0.1, 0.15) is 5.39 Å². The predicted molar refractivity (Wildman–Crippen MR) is 122 cm³/mol. The summed E-state index contributed by atoms with van der Waals surface area (Å²) in [4.78, 5) is 15.5. The van der Waals surface area contributed by atoms with Crippen molar-refractivity contribution in [2.24, 2.45) is 11.8 Å². The molecule has 2 N–H and O–H groups in total. The molecule has 5 rings (SSSR count). The number of nitriles is 1. The van der Waals surface area contributed by atoms with Gasteiger partial charge in [0.2, 0.25) is 10.0 Å². The number of nitrogens with one attached hydrogen (secondary N) is 2. The van der Waals surface area contributed by atoms with Crippen LogP contribution >= 0.6 is 0 Å². The molecule has 0 radical (unpaired) electrons. The van der Waals surface area contributed by atoms with E-state index in [0.717, 1.165) is 0 Å². The first-order valence-corrected chi connectivity index (χ1v) is 12.3. The number of hydrogen-bond donors (Lipinski definition) is 2. The van der Waals surface area contributed by atoms with Crippen molar-refractivity contribution in [3.05, 3.63) is 46.9 Å². The third-order valence-corrected chi connectivity index (χ3v) is 8.07. The number of rotatable bonds is 5. The van der Waals surface area contributed by atoms with Crippen LogP contribution in [0.2, 0.25) is 0 Å². The molecule has 0 aliphatic carbocycles. The second kappa shape index (κ2) is 8.30. The zero-order chi connectivity index (χ0) is 23.2. The second-order valence-corrected chi connectivity index (χ2v) is 10.5. The highest BCUT2D eigenvalue weighted by Gasteiger charge is 2.34. The molecule has 4 heterocycles. The number of aromatic nitrogens is 3. The standard InChI is InChI=1S/C22H24N6O4S/c1-14-11-27(12-14)33(30,31)17-4-2-16(3-5-17)25-21-20-18(6-8-24-22(20)29)28(26-21)19-13-32-9-7-15(19)10-23/h2-6,8,14-15,19H,7,9,11-13H2,1H3,(H,24,29)(H,25,26). The quantitative estimate of drug-likeness (QED) is 0.586. The Kier molecular flexibility index (Phi) is 5.44. The molecule has 33 heavy (non-hydrogen) atoms. The van der Waals surface area contributed by atoms with E-state index in [1.807, 2.05) is 6.92 Å². The van der Waals surface area contributed by atoms with Crippen LogP contribution in [0.4, 0.5) is 11.5 Å². The molecule has 2 aromatic heterocycles. The Balaban J connectivity index is 1.47. The van der Waals surface area contributed by atoms with Gasteiger partial charge in [-0.05, 0) is 42.7 Å². The molecular weight excluding hydrogens is 444 g/mol. The number of anilines is 2. The van der Waals surface area contributed by atoms with Crippen LogP contribution in [0.1, 0.15) is 19.4 Å². The molecule has 2 aliphatic rings. The Morgan fingerprint density at radius 1 is 1.24 bits per heavy atom. The Labute approximate surface area is 190 Å². The summed E-state index contributed by atoms with van der Waals surface area (Å²) in [6.07, 6.45) is 2.15. The van der Waals surface area contributed by atoms with Crippen LogP contribution < -0.4 is 10.9 Å². The van der Waals surface area contributed by atoms with Gasteiger partial charge in [-0.2, -0.15) is 14.7 Å². The zero-order valence-corrected chi connectivity index (χ0v) is 18.9. The van der Waals surface area contributed by atoms with Crippen molar-refractivity contribution in [1.82, 2.24) is 19.1 Å². The fourth-order valence-corrected chi connectivity index (χ4v) is 6.07. The maximum Gasteiger partial charge on any atom is 0.261 e. The van der Waals surface area contributed by atoms with Crippen molar-refractivity contribution in [2.45, 2.75) is 24.3 Å². The number of hydrogen-bond acceptors (Lipinski definition) is 7. The first-order chi connectivity index (χ1) is 15.9. The highest BCUT2D eigenvalue weighted by atomic mass is 32.2. The van der Waals surface area contributed by atoms with Crippen LogP contribution in [0.5, 0.6) is 0 Å². The van der Waals surface area contributed by atoms with E-state index in [4.69, 9.17) is 4.74 Å². The number of aromatic amines is 1. The molecule has 2 aliphatic heterocycles. The van der Waals surface area contributed by atoms with E-state index < -0.39 is 10.0 Å². The molecular formula is C22H24N6O4S. The highest BCUT2D eigenvalue weighted by molar-refractivity contribution is 7.89. The van der Waals surface area contributed by atoms with Crippen molar-refractivity contribution in [3.63, 3.8) is 0 Å². The van der Waals surface area contributed by atoms with E-state index in [1.54, 1.807) is 41.2 Å². The summed E-state index contributed by atoms with van der Waals surface area (Å²) in [6, 6.07) is 10.2. The predicted octanol–water partition coefficient (Wildman–Crippen LogP) is 2.21. The van der Waals surface area contributed by atoms with Gasteiger partial charge in [0.15, 0.2) is 5.82 Å². The van der Waals surface area contributed by atoms with Gasteiger partial charge in [0.25, 0.3) is 5.56 Å². The first-order valence-electron chi connectivity index (χ1n) is 10.8. The smallest absolute Gasteiger partial charge is 0.261 e. The number of ether oxygens (including phenoxy) is 1. The second-order valence-electron chi connectivity index (χ2n) is 8.60. The van der Waals surface area contributed by atoms with Gasteiger partial charge in [0.05, 0.1) is 35.0 Å². The first kappa shape index (κ1) is 21.6. The monoisotopic (exact) mass is 468 g/mol. The summed E-state index contributed by atoms with van der Waals surface area (Å²) in [7, 11) is -3.50. The molecule has 0 bridgehead atoms. The number of H-pyrrole nitrogens is 1. The fraction of sp³-hybridized carbons (Fsp3) is 0.409. The van der Waals surface area contributed by atoms with E-state index in [1.165, 1.54) is 4.31 Å². The lowest BCUT2D eigenvalue weighted by Crippen LogP contribution is -2.48. The molecule has 11 heteroatoms. The molecule has 3 aromatic rings. The Morgan fingerprint density at radius 3 is 2.70 bits per heavy atom. The van der Waals surface area contributed by atoms with Crippen LogP contribution in [0.3, 0.4) is 0 Å². The summed E-state index contributed by atoms with van der Waals surface area (Å²) in [6.45, 7) is 3.93. The van der Waals surface area contributed by atoms with Crippen LogP contribution in [-0.2, 0) is 14.8 Å². The van der Waals surface area contributed by atoms with Crippen LogP contribution in [0, 0.1) is 23.2 Å². The fourth-order valence-electron chi connectivity index (χ4n) is 4.39. The minimum atomic E-state index is -3.50. The number of sulfonamides is 1. The van der Waals surface area contributed by atoms with Gasteiger partial charge >= 0.3 is 0 Å². The summed E-state index contributed by atoms with van der Waals surface area (Å²) in [5.41, 5.74) is 0.887. The van der Waals surface area contributed by atoms with Gasteiger partial charge in [0, 0.05) is 31.6 Å². The number of nitrogens with zero attached hydrogens (tertiary/aromatic N) is 4. The lowest BCUT2D eigenvalue weighted by molar-refractivity contribution is 0.0359. The molecule has 2 saturated heterocycles. The van der Waals surface area contributed by atoms with Gasteiger partial charge in [-0.1, -0.05) is 6.92 Å². The normalized spacial score (nSPS) is 22.1. The van der Waals surface area contributed by atoms with E-state index >= 15 is 0 Å². The summed E-state index contributed by atoms with van der Waals surface area (Å²) >= 11 is 0. The average molecular weight is 469 g/mol. The number of pyridine rings is 1. The summed E-state index contributed by atoms with van der Waals surface area (Å²) < 4.78 is 34.1. The molecule has 172 valence electrons. The molecule has 0 spiro atoms. The van der Waals surface area contributed by atoms with Crippen molar-refractivity contribution in [1.29, 1.82) is 5.26 Å². The van der Waals surface area contributed by atoms with E-state index in [-0.39, 0.29) is 22.4 Å². The van der Waals surface area contributed by atoms with Gasteiger partial charge < -0.3 is 15.0 Å². The van der Waals surface area contributed by atoms with E-state index in [9.17, 15) is 18.5 Å². The van der Waals surface area contributed by atoms with Crippen LogP contribution in [-0.4, -0.2) is 53.8 Å². The zero-order valence-electron chi connectivity index (χ0n) is 18.1. The molecule has 2 atom stereocenters. The van der Waals surface area contributed by atoms with E-state index in [0.29, 0.717) is 61.1 Å². The lowest BCUT2D eigenvalue weighted by Gasteiger charge is -2.35. The Hall–Kier alpha value is -3.20. The number of fused-ring (bicyclic) bond motifs is 1. The molecule has 0 amide bonds. The van der Waals surface area contributed by atoms with Gasteiger partial charge in [-0.25, -0.2) is 8.42 Å². The third kappa shape index (κ3) is 3.80. The van der Waals surface area contributed by atoms with Crippen LogP contribution in [0.15, 0.2) is 46.2 Å². The average Bonchev–Trinajstić information content (AvgIpc) is 3.16. The van der Waals surface area contributed by atoms with Crippen molar-refractivity contribution in [3.8, 4) is 6.07 Å². The van der Waals surface area contributed by atoms with E-state index in [2.05, 4.69) is 21.5 Å². The molecule has 2 fully saturated rings. The third-order valence-electron chi connectivity index (χ3n) is 6.22. The lowest BCUT2D eigenvalue weighted by atomic mass is 9.96. The topological polar surface area (TPSA) is 133 Å². The maximum absolute atomic E-state index is 12.7. The molecule has 10 nitrogen and oxygen atoms in total. The highest BCUT2D eigenvalue weighted by Crippen LogP contribution is 2.32. The summed E-state index contributed by atoms with van der Waals surface area (Å²) in [5.74, 6) is 0.432.